The predicted octanol–water partition coefficient (Wildman–Crippen LogP) is 5.08. The molecule has 6 heteroatoms. The van der Waals surface area contributed by atoms with E-state index in [1.807, 2.05) is 44.2 Å². The topological polar surface area (TPSA) is 63.2 Å². The van der Waals surface area contributed by atoms with Crippen molar-refractivity contribution in [3.8, 4) is 17.2 Å². The van der Waals surface area contributed by atoms with E-state index in [-0.39, 0.29) is 30.5 Å². The number of benzene rings is 2. The number of hydrogen-bond acceptors (Lipinski definition) is 6. The third-order valence-corrected chi connectivity index (χ3v) is 6.35. The number of carbonyl (C=O) groups excluding carboxylic acids is 1. The normalized spacial score (nSPS) is 20.4. The fourth-order valence-corrected chi connectivity index (χ4v) is 4.23. The minimum absolute atomic E-state index is 0.000820. The molecule has 1 aliphatic heterocycles. The Bertz CT molecular complexity index is 996. The van der Waals surface area contributed by atoms with E-state index in [0.717, 1.165) is 28.9 Å². The summed E-state index contributed by atoms with van der Waals surface area (Å²) in [5.41, 5.74) is 3.80. The zero-order chi connectivity index (χ0) is 24.0. The van der Waals surface area contributed by atoms with Crippen molar-refractivity contribution in [2.45, 2.75) is 33.3 Å². The molecule has 1 saturated heterocycles. The molecule has 1 unspecified atom stereocenters. The maximum absolute atomic E-state index is 12.4. The van der Waals surface area contributed by atoms with Crippen LogP contribution in [0.15, 0.2) is 48.0 Å². The lowest BCUT2D eigenvalue weighted by Gasteiger charge is -2.24. The number of hydrogen-bond donors (Lipinski definition) is 0. The van der Waals surface area contributed by atoms with Crippen LogP contribution in [0, 0.1) is 18.8 Å². The molecule has 0 N–H and O–H groups in total. The number of ether oxygens (including phenoxy) is 5. The Balaban J connectivity index is 1.86. The van der Waals surface area contributed by atoms with Gasteiger partial charge in [-0.3, -0.25) is 0 Å². The lowest BCUT2D eigenvalue weighted by atomic mass is 9.84. The molecule has 33 heavy (non-hydrogen) atoms. The van der Waals surface area contributed by atoms with Crippen LogP contribution >= 0.6 is 0 Å². The minimum atomic E-state index is -0.297. The van der Waals surface area contributed by atoms with Gasteiger partial charge < -0.3 is 23.7 Å². The fourth-order valence-electron chi connectivity index (χ4n) is 4.23. The molecule has 2 aromatic carbocycles. The van der Waals surface area contributed by atoms with Crippen LogP contribution in [0.25, 0.3) is 0 Å². The molecule has 0 aliphatic carbocycles. The summed E-state index contributed by atoms with van der Waals surface area (Å²) in [5, 5.41) is 0. The molecule has 2 aromatic rings. The van der Waals surface area contributed by atoms with Crippen molar-refractivity contribution < 1.29 is 28.5 Å². The molecule has 0 aromatic heterocycles. The summed E-state index contributed by atoms with van der Waals surface area (Å²) in [6.07, 6.45) is 2.34. The quantitative estimate of drug-likeness (QED) is 0.389. The van der Waals surface area contributed by atoms with E-state index in [2.05, 4.69) is 6.07 Å². The number of methoxy groups -OCH3 is 3. The molecular weight excluding hydrogens is 420 g/mol. The Hall–Kier alpha value is -2.99. The highest BCUT2D eigenvalue weighted by molar-refractivity contribution is 5.87. The molecule has 1 fully saturated rings. The van der Waals surface area contributed by atoms with E-state index >= 15 is 0 Å². The van der Waals surface area contributed by atoms with E-state index in [1.165, 1.54) is 0 Å². The first-order valence-electron chi connectivity index (χ1n) is 11.2. The van der Waals surface area contributed by atoms with Gasteiger partial charge in [-0.25, -0.2) is 4.79 Å². The zero-order valence-corrected chi connectivity index (χ0v) is 20.3. The highest BCUT2D eigenvalue weighted by Gasteiger charge is 2.39. The Morgan fingerprint density at radius 1 is 1.03 bits per heavy atom. The van der Waals surface area contributed by atoms with Gasteiger partial charge in [-0.1, -0.05) is 24.3 Å². The van der Waals surface area contributed by atoms with Crippen molar-refractivity contribution in [2.24, 2.45) is 11.8 Å². The summed E-state index contributed by atoms with van der Waals surface area (Å²) in [6.45, 7) is 6.45. The van der Waals surface area contributed by atoms with Gasteiger partial charge in [0, 0.05) is 11.5 Å². The lowest BCUT2D eigenvalue weighted by Crippen LogP contribution is -2.24. The van der Waals surface area contributed by atoms with Gasteiger partial charge in [0.2, 0.25) is 0 Å². The Morgan fingerprint density at radius 3 is 2.42 bits per heavy atom. The molecule has 1 aliphatic rings. The van der Waals surface area contributed by atoms with Crippen LogP contribution in [-0.2, 0) is 20.7 Å². The number of carbonyl (C=O) groups is 1. The summed E-state index contributed by atoms with van der Waals surface area (Å²) in [6, 6.07) is 12.1. The molecule has 6 nitrogen and oxygen atoms in total. The molecule has 0 radical (unpaired) electrons. The first-order valence-corrected chi connectivity index (χ1v) is 11.2. The largest absolute Gasteiger partial charge is 0.496 e. The number of aryl methyl sites for hydroxylation is 1. The second-order valence-corrected chi connectivity index (χ2v) is 8.37. The molecule has 0 bridgehead atoms. The highest BCUT2D eigenvalue weighted by atomic mass is 16.5. The van der Waals surface area contributed by atoms with Gasteiger partial charge in [-0.2, -0.15) is 0 Å². The van der Waals surface area contributed by atoms with Crippen molar-refractivity contribution in [1.29, 1.82) is 0 Å². The van der Waals surface area contributed by atoms with Gasteiger partial charge in [-0.05, 0) is 68.0 Å². The van der Waals surface area contributed by atoms with Crippen molar-refractivity contribution in [3.63, 3.8) is 0 Å². The van der Waals surface area contributed by atoms with Crippen molar-refractivity contribution in [3.05, 3.63) is 64.7 Å². The number of rotatable bonds is 9. The summed E-state index contributed by atoms with van der Waals surface area (Å²) in [4.78, 5) is 12.4. The second kappa shape index (κ2) is 11.2. The van der Waals surface area contributed by atoms with Crippen LogP contribution in [0.3, 0.4) is 0 Å². The van der Waals surface area contributed by atoms with Gasteiger partial charge in [0.05, 0.1) is 40.6 Å². The van der Waals surface area contributed by atoms with Crippen LogP contribution in [0.2, 0.25) is 0 Å². The fraction of sp³-hybridized carbons (Fsp3) is 0.444. The summed E-state index contributed by atoms with van der Waals surface area (Å²) in [5.74, 6) is 2.08. The maximum Gasteiger partial charge on any atom is 0.333 e. The molecule has 178 valence electrons. The third-order valence-electron chi connectivity index (χ3n) is 6.35. The highest BCUT2D eigenvalue weighted by Crippen LogP contribution is 2.42. The Kier molecular flexibility index (Phi) is 8.39. The first kappa shape index (κ1) is 24.6. The van der Waals surface area contributed by atoms with Crippen LogP contribution in [0.4, 0.5) is 0 Å². The SMILES string of the molecule is C/C=C(\C)C(=O)OC[C@@H]1C(c2ccc(C)c(OC)c2)OC[C@@H]1Cc1ccc(OC)c(OC)c1. The third kappa shape index (κ3) is 5.69. The average molecular weight is 455 g/mol. The average Bonchev–Trinajstić information content (AvgIpc) is 3.24. The van der Waals surface area contributed by atoms with Crippen LogP contribution in [0.5, 0.6) is 17.2 Å². The molecule has 0 amide bonds. The summed E-state index contributed by atoms with van der Waals surface area (Å²) < 4.78 is 28.3. The Labute approximate surface area is 196 Å². The van der Waals surface area contributed by atoms with Gasteiger partial charge in [0.25, 0.3) is 0 Å². The minimum Gasteiger partial charge on any atom is -0.496 e. The van der Waals surface area contributed by atoms with Crippen LogP contribution in [0.1, 0.15) is 36.6 Å². The smallest absolute Gasteiger partial charge is 0.333 e. The van der Waals surface area contributed by atoms with E-state index < -0.39 is 0 Å². The van der Waals surface area contributed by atoms with Crippen molar-refractivity contribution >= 4 is 5.97 Å². The molecule has 0 saturated carbocycles. The van der Waals surface area contributed by atoms with E-state index in [4.69, 9.17) is 23.7 Å². The summed E-state index contributed by atoms with van der Waals surface area (Å²) in [7, 11) is 4.92. The number of esters is 1. The molecule has 3 rings (SSSR count). The van der Waals surface area contributed by atoms with E-state index in [9.17, 15) is 4.79 Å². The Morgan fingerprint density at radius 2 is 1.76 bits per heavy atom. The van der Waals surface area contributed by atoms with Crippen LogP contribution in [-0.4, -0.2) is 40.5 Å². The number of allylic oxidation sites excluding steroid dienone is 1. The first-order chi connectivity index (χ1) is 15.9. The van der Waals surface area contributed by atoms with Gasteiger partial charge in [0.1, 0.15) is 5.75 Å². The van der Waals surface area contributed by atoms with Crippen LogP contribution < -0.4 is 14.2 Å². The maximum atomic E-state index is 12.4. The summed E-state index contributed by atoms with van der Waals surface area (Å²) >= 11 is 0. The standard InChI is InChI=1S/C27H34O6/c1-7-17(2)27(28)33-16-22-21(12-19-9-11-23(29-4)25(13-19)31-6)15-32-26(22)20-10-8-18(3)24(14-20)30-5/h7-11,13-14,21-22,26H,12,15-16H2,1-6H3/b17-7+/t21-,22-,26?/m0/s1. The van der Waals surface area contributed by atoms with Crippen molar-refractivity contribution in [2.75, 3.05) is 34.5 Å². The molecule has 1 heterocycles. The lowest BCUT2D eigenvalue weighted by molar-refractivity contribution is -0.141. The van der Waals surface area contributed by atoms with E-state index in [1.54, 1.807) is 34.3 Å². The second-order valence-electron chi connectivity index (χ2n) is 8.37. The van der Waals surface area contributed by atoms with Crippen molar-refractivity contribution in [1.82, 2.24) is 0 Å². The monoisotopic (exact) mass is 454 g/mol. The van der Waals surface area contributed by atoms with Gasteiger partial charge in [-0.15, -0.1) is 0 Å². The molecule has 0 spiro atoms. The van der Waals surface area contributed by atoms with Gasteiger partial charge >= 0.3 is 5.97 Å². The molecular formula is C27H34O6. The zero-order valence-electron chi connectivity index (χ0n) is 20.3. The predicted molar refractivity (Wildman–Crippen MR) is 127 cm³/mol. The van der Waals surface area contributed by atoms with E-state index in [0.29, 0.717) is 23.7 Å². The molecule has 3 atom stereocenters. The van der Waals surface area contributed by atoms with Gasteiger partial charge in [0.15, 0.2) is 11.5 Å².